The van der Waals surface area contributed by atoms with Crippen LogP contribution in [0.1, 0.15) is 23.7 Å². The van der Waals surface area contributed by atoms with Gasteiger partial charge in [0, 0.05) is 12.7 Å². The number of aryl methyl sites for hydroxylation is 3. The number of benzene rings is 1. The lowest BCUT2D eigenvalue weighted by Gasteiger charge is -2.07. The van der Waals surface area contributed by atoms with Gasteiger partial charge >= 0.3 is 0 Å². The fourth-order valence-corrected chi connectivity index (χ4v) is 2.38. The third-order valence-corrected chi connectivity index (χ3v) is 3.40. The Morgan fingerprint density at radius 2 is 2.17 bits per heavy atom. The van der Waals surface area contributed by atoms with Gasteiger partial charge in [-0.05, 0) is 31.0 Å². The number of guanidine groups is 1. The summed E-state index contributed by atoms with van der Waals surface area (Å²) in [5.41, 5.74) is 10.0. The Bertz CT molecular complexity index is 681. The van der Waals surface area contributed by atoms with Crippen LogP contribution in [0.3, 0.4) is 0 Å². The molecule has 0 fully saturated rings. The van der Waals surface area contributed by atoms with E-state index >= 15 is 0 Å². The second-order valence-electron chi connectivity index (χ2n) is 5.11. The van der Waals surface area contributed by atoms with Crippen molar-refractivity contribution in [1.29, 1.82) is 0 Å². The van der Waals surface area contributed by atoms with Crippen LogP contribution in [-0.4, -0.2) is 22.8 Å². The number of nitrogens with zero attached hydrogens (tertiary/aromatic N) is 3. The molecular formula is C16H24IN5O. The molecule has 7 heteroatoms. The molecule has 0 bridgehead atoms. The van der Waals surface area contributed by atoms with Gasteiger partial charge in [-0.15, -0.1) is 24.0 Å². The van der Waals surface area contributed by atoms with Crippen molar-refractivity contribution < 1.29 is 4.74 Å². The van der Waals surface area contributed by atoms with Gasteiger partial charge in [-0.2, -0.15) is 5.10 Å². The number of aliphatic imine (C=N–C) groups is 1. The molecule has 0 amide bonds. The van der Waals surface area contributed by atoms with Crippen LogP contribution >= 0.6 is 24.0 Å². The number of halogens is 1. The third-order valence-electron chi connectivity index (χ3n) is 3.40. The maximum Gasteiger partial charge on any atom is 0.216 e. The van der Waals surface area contributed by atoms with Crippen LogP contribution in [0.2, 0.25) is 0 Å². The van der Waals surface area contributed by atoms with Crippen LogP contribution in [0.15, 0.2) is 29.3 Å². The summed E-state index contributed by atoms with van der Waals surface area (Å²) in [6.07, 6.45) is 0.827. The maximum atomic E-state index is 5.96. The van der Waals surface area contributed by atoms with E-state index in [0.29, 0.717) is 12.5 Å². The molecule has 3 N–H and O–H groups in total. The molecule has 0 aliphatic carbocycles. The van der Waals surface area contributed by atoms with Gasteiger partial charge in [-0.25, -0.2) is 9.67 Å². The molecule has 1 aromatic carbocycles. The average molecular weight is 429 g/mol. The average Bonchev–Trinajstić information content (AvgIpc) is 2.80. The molecular weight excluding hydrogens is 405 g/mol. The summed E-state index contributed by atoms with van der Waals surface area (Å²) in [5.74, 6) is 1.10. The van der Waals surface area contributed by atoms with Crippen molar-refractivity contribution in [2.45, 2.75) is 26.8 Å². The monoisotopic (exact) mass is 429 g/mol. The number of nitrogens with two attached hydrogens (primary N) is 1. The number of hydrogen-bond donors (Lipinski definition) is 2. The van der Waals surface area contributed by atoms with E-state index in [9.17, 15) is 0 Å². The predicted octanol–water partition coefficient (Wildman–Crippen LogP) is 2.84. The van der Waals surface area contributed by atoms with E-state index in [0.717, 1.165) is 29.2 Å². The van der Waals surface area contributed by atoms with Gasteiger partial charge in [0.1, 0.15) is 0 Å². The van der Waals surface area contributed by atoms with Gasteiger partial charge in [-0.1, -0.05) is 19.1 Å². The van der Waals surface area contributed by atoms with Gasteiger partial charge in [-0.3, -0.25) is 0 Å². The van der Waals surface area contributed by atoms with Gasteiger partial charge in [0.2, 0.25) is 5.88 Å². The zero-order valence-corrected chi connectivity index (χ0v) is 16.3. The van der Waals surface area contributed by atoms with Crippen LogP contribution in [0, 0.1) is 6.92 Å². The normalized spacial score (nSPS) is 11.0. The van der Waals surface area contributed by atoms with Crippen LogP contribution in [0.4, 0.5) is 5.69 Å². The molecule has 0 aliphatic rings. The fraction of sp³-hybridized carbons (Fsp3) is 0.375. The number of ether oxygens (including phenoxy) is 1. The summed E-state index contributed by atoms with van der Waals surface area (Å²) in [6, 6.07) is 7.98. The summed E-state index contributed by atoms with van der Waals surface area (Å²) in [6.45, 7) is 4.53. The number of rotatable bonds is 5. The van der Waals surface area contributed by atoms with E-state index in [1.165, 1.54) is 5.56 Å². The lowest BCUT2D eigenvalue weighted by Crippen LogP contribution is -2.22. The zero-order valence-electron chi connectivity index (χ0n) is 14.0. The SMILES string of the molecule is CCc1nn(C)c(OC)c1CN=C(N)Nc1cccc(C)c1.I. The first kappa shape index (κ1) is 19.3. The summed E-state index contributed by atoms with van der Waals surface area (Å²) in [4.78, 5) is 4.40. The Hall–Kier alpha value is -1.77. The van der Waals surface area contributed by atoms with E-state index < -0.39 is 0 Å². The Kier molecular flexibility index (Phi) is 7.34. The predicted molar refractivity (Wildman–Crippen MR) is 105 cm³/mol. The summed E-state index contributed by atoms with van der Waals surface area (Å²) >= 11 is 0. The minimum absolute atomic E-state index is 0. The Labute approximate surface area is 154 Å². The van der Waals surface area contributed by atoms with E-state index in [-0.39, 0.29) is 24.0 Å². The van der Waals surface area contributed by atoms with E-state index in [1.807, 2.05) is 38.2 Å². The molecule has 0 atom stereocenters. The highest BCUT2D eigenvalue weighted by Crippen LogP contribution is 2.22. The molecule has 0 radical (unpaired) electrons. The number of hydrogen-bond acceptors (Lipinski definition) is 3. The third kappa shape index (κ3) is 4.85. The summed E-state index contributed by atoms with van der Waals surface area (Å²) in [5, 5.41) is 7.53. The van der Waals surface area contributed by atoms with Crippen molar-refractivity contribution >= 4 is 35.6 Å². The Morgan fingerprint density at radius 1 is 1.43 bits per heavy atom. The highest BCUT2D eigenvalue weighted by atomic mass is 127. The molecule has 0 saturated heterocycles. The minimum atomic E-state index is 0. The molecule has 1 aromatic heterocycles. The number of nitrogens with one attached hydrogen (secondary N) is 1. The van der Waals surface area contributed by atoms with Crippen molar-refractivity contribution in [3.05, 3.63) is 41.1 Å². The number of methoxy groups -OCH3 is 1. The molecule has 1 heterocycles. The number of anilines is 1. The van der Waals surface area contributed by atoms with Crippen LogP contribution in [0.5, 0.6) is 5.88 Å². The molecule has 0 spiro atoms. The summed E-state index contributed by atoms with van der Waals surface area (Å²) < 4.78 is 7.12. The second kappa shape index (κ2) is 8.76. The topological polar surface area (TPSA) is 77.5 Å². The molecule has 126 valence electrons. The molecule has 23 heavy (non-hydrogen) atoms. The molecule has 2 rings (SSSR count). The minimum Gasteiger partial charge on any atom is -0.481 e. The first-order chi connectivity index (χ1) is 10.5. The van der Waals surface area contributed by atoms with Crippen LogP contribution in [-0.2, 0) is 20.0 Å². The standard InChI is InChI=1S/C16H23N5O.HI/c1-5-14-13(15(22-4)21(3)20-14)10-18-16(17)19-12-8-6-7-11(2)9-12;/h6-9H,5,10H2,1-4H3,(H3,17,18,19);1H. The molecule has 0 saturated carbocycles. The van der Waals surface area contributed by atoms with Gasteiger partial charge < -0.3 is 15.8 Å². The Morgan fingerprint density at radius 3 is 2.78 bits per heavy atom. The first-order valence-electron chi connectivity index (χ1n) is 7.27. The van der Waals surface area contributed by atoms with Crippen molar-refractivity contribution in [2.24, 2.45) is 17.8 Å². The number of aromatic nitrogens is 2. The van der Waals surface area contributed by atoms with Gasteiger partial charge in [0.05, 0.1) is 24.9 Å². The molecule has 2 aromatic rings. The highest BCUT2D eigenvalue weighted by Gasteiger charge is 2.15. The fourth-order valence-electron chi connectivity index (χ4n) is 2.38. The second-order valence-corrected chi connectivity index (χ2v) is 5.11. The maximum absolute atomic E-state index is 5.96. The van der Waals surface area contributed by atoms with Crippen molar-refractivity contribution in [3.63, 3.8) is 0 Å². The lowest BCUT2D eigenvalue weighted by atomic mass is 10.2. The Balaban J connectivity index is 0.00000264. The zero-order chi connectivity index (χ0) is 16.1. The lowest BCUT2D eigenvalue weighted by molar-refractivity contribution is 0.369. The first-order valence-corrected chi connectivity index (χ1v) is 7.27. The smallest absolute Gasteiger partial charge is 0.216 e. The van der Waals surface area contributed by atoms with Crippen molar-refractivity contribution in [2.75, 3.05) is 12.4 Å². The quantitative estimate of drug-likeness (QED) is 0.436. The van der Waals surface area contributed by atoms with Gasteiger partial charge in [0.25, 0.3) is 0 Å². The molecule has 0 unspecified atom stereocenters. The highest BCUT2D eigenvalue weighted by molar-refractivity contribution is 14.0. The van der Waals surface area contributed by atoms with Gasteiger partial charge in [0.15, 0.2) is 5.96 Å². The van der Waals surface area contributed by atoms with E-state index in [1.54, 1.807) is 11.8 Å². The summed E-state index contributed by atoms with van der Waals surface area (Å²) in [7, 11) is 3.50. The molecule has 0 aliphatic heterocycles. The molecule has 6 nitrogen and oxygen atoms in total. The van der Waals surface area contributed by atoms with Crippen molar-refractivity contribution in [1.82, 2.24) is 9.78 Å². The largest absolute Gasteiger partial charge is 0.481 e. The van der Waals surface area contributed by atoms with Crippen LogP contribution in [0.25, 0.3) is 0 Å². The van der Waals surface area contributed by atoms with Crippen molar-refractivity contribution in [3.8, 4) is 5.88 Å². The van der Waals surface area contributed by atoms with Crippen LogP contribution < -0.4 is 15.8 Å². The van der Waals surface area contributed by atoms with E-state index in [4.69, 9.17) is 10.5 Å². The van der Waals surface area contributed by atoms with E-state index in [2.05, 4.69) is 22.3 Å².